The first-order valence-electron chi connectivity index (χ1n) is 16.6. The van der Waals surface area contributed by atoms with Crippen LogP contribution in [-0.4, -0.2) is 82.8 Å². The second-order valence-corrected chi connectivity index (χ2v) is 13.4. The summed E-state index contributed by atoms with van der Waals surface area (Å²) in [6.45, 7) is 12.7. The number of rotatable bonds is 20. The van der Waals surface area contributed by atoms with E-state index in [1.165, 1.54) is 12.2 Å². The maximum atomic E-state index is 13.5. The highest BCUT2D eigenvalue weighted by Gasteiger charge is 2.36. The highest BCUT2D eigenvalue weighted by Crippen LogP contribution is 2.23. The molecule has 0 saturated heterocycles. The van der Waals surface area contributed by atoms with Gasteiger partial charge in [-0.25, -0.2) is 0 Å². The minimum Gasteiger partial charge on any atom is -0.392 e. The molecule has 0 bridgehead atoms. The Balaban J connectivity index is 1.98. The fourth-order valence-corrected chi connectivity index (χ4v) is 4.67. The molecular weight excluding hydrogens is 618 g/mol. The van der Waals surface area contributed by atoms with Crippen molar-refractivity contribution in [3.63, 3.8) is 0 Å². The molecule has 0 radical (unpaired) electrons. The predicted octanol–water partition coefficient (Wildman–Crippen LogP) is 2.58. The molecule has 0 fully saturated rings. The summed E-state index contributed by atoms with van der Waals surface area (Å²) in [5.41, 5.74) is -0.632. The van der Waals surface area contributed by atoms with Crippen LogP contribution in [0.1, 0.15) is 86.1 Å². The fraction of sp³-hybridized carbons (Fsp3) is 0.600. The third-order valence-corrected chi connectivity index (χ3v) is 8.39. The van der Waals surface area contributed by atoms with Crippen LogP contribution in [0.25, 0.3) is 0 Å². The molecule has 266 valence electrons. The molecule has 5 N–H and O–H groups in total. The predicted molar refractivity (Wildman–Crippen MR) is 181 cm³/mol. The first-order valence-corrected chi connectivity index (χ1v) is 16.6. The number of anilines is 1. The lowest BCUT2D eigenvalue weighted by Crippen LogP contribution is -2.57. The molecule has 2 unspecified atom stereocenters. The minimum atomic E-state index is -1.06. The van der Waals surface area contributed by atoms with Crippen molar-refractivity contribution in [3.05, 3.63) is 42.0 Å². The van der Waals surface area contributed by atoms with Gasteiger partial charge in [0.15, 0.2) is 0 Å². The first kappa shape index (κ1) is 40.1. The van der Waals surface area contributed by atoms with E-state index in [1.807, 2.05) is 20.8 Å². The molecule has 1 heterocycles. The lowest BCUT2D eigenvalue weighted by atomic mass is 9.91. The Hall–Kier alpha value is -4.10. The molecular formula is C35H53N5O8. The summed E-state index contributed by atoms with van der Waals surface area (Å²) >= 11 is 0. The number of imide groups is 1. The summed E-state index contributed by atoms with van der Waals surface area (Å²) in [7, 11) is 0. The van der Waals surface area contributed by atoms with E-state index in [1.54, 1.807) is 52.0 Å². The number of benzene rings is 1. The number of carbonyl (C=O) groups excluding carboxylic acids is 6. The van der Waals surface area contributed by atoms with E-state index >= 15 is 0 Å². The summed E-state index contributed by atoms with van der Waals surface area (Å²) < 4.78 is 6.17. The van der Waals surface area contributed by atoms with Gasteiger partial charge in [0.05, 0.1) is 24.2 Å². The highest BCUT2D eigenvalue weighted by molar-refractivity contribution is 6.13. The lowest BCUT2D eigenvalue weighted by Gasteiger charge is -2.34. The molecule has 6 amide bonds. The van der Waals surface area contributed by atoms with Gasteiger partial charge in [0, 0.05) is 37.3 Å². The van der Waals surface area contributed by atoms with Gasteiger partial charge in [-0.05, 0) is 57.2 Å². The number of nitrogens with one attached hydrogen (secondary N) is 4. The molecule has 3 atom stereocenters. The van der Waals surface area contributed by atoms with Crippen LogP contribution in [0.2, 0.25) is 0 Å². The van der Waals surface area contributed by atoms with Crippen molar-refractivity contribution < 1.29 is 38.6 Å². The third-order valence-electron chi connectivity index (χ3n) is 8.39. The standard InChI is InChI=1S/C35H53N5O8/c1-8-10-11-26(31(45)37-25-14-12-24(20-41)13-15-25)38-32(46)30(23(3)4)39-33(47)34(5,6)22-48-35(7,9-2)21-36-27(42)18-19-40-28(43)16-17-29(40)44/h12-17,23,26,30,41H,8-11,18-22H2,1-7H3,(H,36,42)(H,37,45)(H,38,46)(H,39,47)/t26-,30?,35?/m1/s1. The van der Waals surface area contributed by atoms with Crippen molar-refractivity contribution in [2.45, 2.75) is 105 Å². The number of hydrogen-bond acceptors (Lipinski definition) is 8. The molecule has 1 aliphatic rings. The Kier molecular flexibility index (Phi) is 15.4. The van der Waals surface area contributed by atoms with Gasteiger partial charge >= 0.3 is 0 Å². The number of hydrogen-bond donors (Lipinski definition) is 5. The topological polar surface area (TPSA) is 183 Å². The second-order valence-electron chi connectivity index (χ2n) is 13.4. The molecule has 0 aliphatic carbocycles. The maximum Gasteiger partial charge on any atom is 0.253 e. The summed E-state index contributed by atoms with van der Waals surface area (Å²) in [6.07, 6.45) is 4.74. The molecule has 1 aromatic rings. The van der Waals surface area contributed by atoms with Crippen LogP contribution < -0.4 is 21.3 Å². The summed E-state index contributed by atoms with van der Waals surface area (Å²) in [6, 6.07) is 5.03. The van der Waals surface area contributed by atoms with Gasteiger partial charge in [0.1, 0.15) is 12.1 Å². The summed E-state index contributed by atoms with van der Waals surface area (Å²) in [5, 5.41) is 20.6. The molecule has 13 heteroatoms. The number of unbranched alkanes of at least 4 members (excludes halogenated alkanes) is 1. The van der Waals surface area contributed by atoms with Gasteiger partial charge < -0.3 is 31.1 Å². The van der Waals surface area contributed by atoms with Gasteiger partial charge in [-0.2, -0.15) is 0 Å². The minimum absolute atomic E-state index is 0.00939. The number of nitrogens with zero attached hydrogens (tertiary/aromatic N) is 1. The van der Waals surface area contributed by atoms with Crippen LogP contribution in [0.3, 0.4) is 0 Å². The van der Waals surface area contributed by atoms with E-state index in [2.05, 4.69) is 21.3 Å². The normalized spacial score (nSPS) is 15.6. The van der Waals surface area contributed by atoms with Crippen LogP contribution in [0.4, 0.5) is 5.69 Å². The smallest absolute Gasteiger partial charge is 0.253 e. The van der Waals surface area contributed by atoms with E-state index < -0.39 is 46.7 Å². The Morgan fingerprint density at radius 1 is 0.938 bits per heavy atom. The zero-order chi connectivity index (χ0) is 36.1. The van der Waals surface area contributed by atoms with Crippen LogP contribution in [-0.2, 0) is 40.1 Å². The van der Waals surface area contributed by atoms with E-state index in [0.717, 1.165) is 11.3 Å². The Labute approximate surface area is 283 Å². The fourth-order valence-electron chi connectivity index (χ4n) is 4.67. The summed E-state index contributed by atoms with van der Waals surface area (Å²) in [5.74, 6) is -2.80. The zero-order valence-corrected chi connectivity index (χ0v) is 29.3. The monoisotopic (exact) mass is 671 g/mol. The molecule has 0 aromatic heterocycles. The molecule has 48 heavy (non-hydrogen) atoms. The quantitative estimate of drug-likeness (QED) is 0.131. The molecule has 2 rings (SSSR count). The van der Waals surface area contributed by atoms with E-state index in [-0.39, 0.29) is 50.5 Å². The van der Waals surface area contributed by atoms with E-state index in [0.29, 0.717) is 30.5 Å². The van der Waals surface area contributed by atoms with Crippen LogP contribution >= 0.6 is 0 Å². The number of aliphatic hydroxyl groups is 1. The zero-order valence-electron chi connectivity index (χ0n) is 29.3. The Bertz CT molecular complexity index is 1310. The van der Waals surface area contributed by atoms with Crippen molar-refractivity contribution in [2.75, 3.05) is 25.0 Å². The number of carbonyl (C=O) groups is 6. The summed E-state index contributed by atoms with van der Waals surface area (Å²) in [4.78, 5) is 77.1. The average molecular weight is 672 g/mol. The molecule has 13 nitrogen and oxygen atoms in total. The third kappa shape index (κ3) is 12.2. The van der Waals surface area contributed by atoms with Gasteiger partial charge in [0.2, 0.25) is 23.6 Å². The average Bonchev–Trinajstić information content (AvgIpc) is 3.38. The van der Waals surface area contributed by atoms with Gasteiger partial charge in [0.25, 0.3) is 11.8 Å². The number of amides is 6. The largest absolute Gasteiger partial charge is 0.392 e. The first-order chi connectivity index (χ1) is 22.5. The van der Waals surface area contributed by atoms with Crippen LogP contribution in [0.15, 0.2) is 36.4 Å². The lowest BCUT2D eigenvalue weighted by molar-refractivity contribution is -0.142. The van der Waals surface area contributed by atoms with Crippen molar-refractivity contribution in [1.82, 2.24) is 20.9 Å². The van der Waals surface area contributed by atoms with E-state index in [4.69, 9.17) is 4.74 Å². The van der Waals surface area contributed by atoms with Crippen molar-refractivity contribution in [2.24, 2.45) is 11.3 Å². The van der Waals surface area contributed by atoms with Crippen LogP contribution in [0.5, 0.6) is 0 Å². The SMILES string of the molecule is CCCC[C@@H](NC(=O)C(NC(=O)C(C)(C)COC(C)(CC)CNC(=O)CCN1C(=O)C=CC1=O)C(C)C)C(=O)Nc1ccc(CO)cc1. The molecule has 0 saturated carbocycles. The Morgan fingerprint density at radius 3 is 2.10 bits per heavy atom. The molecule has 1 aromatic carbocycles. The van der Waals surface area contributed by atoms with E-state index in [9.17, 15) is 33.9 Å². The number of ether oxygens (including phenoxy) is 1. The van der Waals surface area contributed by atoms with Gasteiger partial charge in [-0.3, -0.25) is 33.7 Å². The van der Waals surface area contributed by atoms with Crippen molar-refractivity contribution in [1.29, 1.82) is 0 Å². The number of aliphatic hydroxyl groups excluding tert-OH is 1. The van der Waals surface area contributed by atoms with Gasteiger partial charge in [-0.15, -0.1) is 0 Å². The van der Waals surface area contributed by atoms with Crippen molar-refractivity contribution >= 4 is 41.1 Å². The highest BCUT2D eigenvalue weighted by atomic mass is 16.5. The molecule has 1 aliphatic heterocycles. The van der Waals surface area contributed by atoms with Gasteiger partial charge in [-0.1, -0.05) is 52.7 Å². The van der Waals surface area contributed by atoms with Crippen molar-refractivity contribution in [3.8, 4) is 0 Å². The maximum absolute atomic E-state index is 13.5. The second kappa shape index (κ2) is 18.4. The van der Waals surface area contributed by atoms with Crippen LogP contribution in [0, 0.1) is 11.3 Å². The molecule has 0 spiro atoms. The Morgan fingerprint density at radius 2 is 1.56 bits per heavy atom.